The average Bonchev–Trinajstić information content (AvgIpc) is 3.35. The molecule has 3 N–H and O–H groups in total. The zero-order chi connectivity index (χ0) is 22.3. The topological polar surface area (TPSA) is 114 Å². The second-order valence-electron chi connectivity index (χ2n) is 8.01. The van der Waals surface area contributed by atoms with Gasteiger partial charge in [0.25, 0.3) is 0 Å². The van der Waals surface area contributed by atoms with Crippen LogP contribution in [0.4, 0.5) is 4.39 Å². The Morgan fingerprint density at radius 3 is 2.78 bits per heavy atom. The number of nitrogens with one attached hydrogen (secondary N) is 1. The Morgan fingerprint density at radius 1 is 1.19 bits per heavy atom. The summed E-state index contributed by atoms with van der Waals surface area (Å²) in [6.45, 7) is 2.78. The summed E-state index contributed by atoms with van der Waals surface area (Å²) < 4.78 is 49.1. The smallest absolute Gasteiger partial charge is 0.213 e. The van der Waals surface area contributed by atoms with E-state index in [1.165, 1.54) is 12.1 Å². The number of fused-ring (bicyclic) bond motifs is 2. The summed E-state index contributed by atoms with van der Waals surface area (Å²) in [4.78, 5) is 9.58. The number of benzene rings is 2. The highest BCUT2D eigenvalue weighted by molar-refractivity contribution is 7.89. The number of morpholine rings is 1. The molecule has 2 aromatic heterocycles. The van der Waals surface area contributed by atoms with Gasteiger partial charge in [-0.2, -0.15) is 0 Å². The predicted molar refractivity (Wildman–Crippen MR) is 119 cm³/mol. The SMILES string of the molecule is NS(=O)(=O)C(Cc1nc2ccc(-c3c[nH]c4cc(F)ccc34)cc2o1)CN1CCOCC1. The number of rotatable bonds is 6. The summed E-state index contributed by atoms with van der Waals surface area (Å²) in [6, 6.07) is 10.2. The lowest BCUT2D eigenvalue weighted by atomic mass is 10.0. The Hall–Kier alpha value is -2.79. The van der Waals surface area contributed by atoms with E-state index in [1.54, 1.807) is 6.07 Å². The minimum Gasteiger partial charge on any atom is -0.441 e. The van der Waals surface area contributed by atoms with Crippen molar-refractivity contribution in [1.29, 1.82) is 0 Å². The fourth-order valence-electron chi connectivity index (χ4n) is 4.12. The van der Waals surface area contributed by atoms with Crippen LogP contribution in [0.3, 0.4) is 0 Å². The molecule has 2 aromatic carbocycles. The van der Waals surface area contributed by atoms with E-state index in [0.717, 1.165) is 16.5 Å². The molecule has 0 aliphatic carbocycles. The number of aromatic nitrogens is 2. The molecule has 32 heavy (non-hydrogen) atoms. The molecule has 1 unspecified atom stereocenters. The molecule has 1 fully saturated rings. The van der Waals surface area contributed by atoms with Crippen LogP contribution in [0.5, 0.6) is 0 Å². The number of nitrogens with zero attached hydrogens (tertiary/aromatic N) is 2. The van der Waals surface area contributed by atoms with Crippen molar-refractivity contribution < 1.29 is 22.0 Å². The predicted octanol–water partition coefficient (Wildman–Crippen LogP) is 2.65. The number of oxazole rings is 1. The highest BCUT2D eigenvalue weighted by Gasteiger charge is 2.28. The van der Waals surface area contributed by atoms with Crippen molar-refractivity contribution in [3.63, 3.8) is 0 Å². The Kier molecular flexibility index (Phi) is 5.46. The lowest BCUT2D eigenvalue weighted by molar-refractivity contribution is 0.0377. The van der Waals surface area contributed by atoms with Gasteiger partial charge in [-0.15, -0.1) is 0 Å². The Balaban J connectivity index is 1.42. The standard InChI is InChI=1S/C22H23FN4O4S/c23-15-2-3-17-18(12-25-20(17)10-15)14-1-4-19-21(9-14)31-22(26-19)11-16(32(24,28)29)13-27-5-7-30-8-6-27/h1-4,9-10,12,16,25H,5-8,11,13H2,(H2,24,28,29). The van der Waals surface area contributed by atoms with Crippen LogP contribution in [-0.2, 0) is 21.2 Å². The first-order valence-corrected chi connectivity index (χ1v) is 12.0. The number of sulfonamides is 1. The van der Waals surface area contributed by atoms with Gasteiger partial charge in [-0.05, 0) is 35.9 Å². The van der Waals surface area contributed by atoms with E-state index in [0.29, 0.717) is 55.4 Å². The number of hydrogen-bond acceptors (Lipinski definition) is 6. The van der Waals surface area contributed by atoms with Crippen LogP contribution >= 0.6 is 0 Å². The summed E-state index contributed by atoms with van der Waals surface area (Å²) in [5.74, 6) is 0.0214. The molecular formula is C22H23FN4O4S. The molecule has 1 aliphatic rings. The van der Waals surface area contributed by atoms with Crippen molar-refractivity contribution in [2.75, 3.05) is 32.8 Å². The number of H-pyrrole nitrogens is 1. The van der Waals surface area contributed by atoms with Gasteiger partial charge in [-0.3, -0.25) is 4.90 Å². The number of aromatic amines is 1. The largest absolute Gasteiger partial charge is 0.441 e. The van der Waals surface area contributed by atoms with Crippen LogP contribution in [-0.4, -0.2) is 61.4 Å². The van der Waals surface area contributed by atoms with Gasteiger partial charge >= 0.3 is 0 Å². The molecule has 5 rings (SSSR count). The van der Waals surface area contributed by atoms with Crippen molar-refractivity contribution in [3.05, 3.63) is 54.3 Å². The molecule has 0 spiro atoms. The zero-order valence-electron chi connectivity index (χ0n) is 17.3. The number of hydrogen-bond donors (Lipinski definition) is 2. The third kappa shape index (κ3) is 4.26. The van der Waals surface area contributed by atoms with Crippen LogP contribution < -0.4 is 5.14 Å². The molecule has 0 radical (unpaired) electrons. The maximum atomic E-state index is 13.5. The molecule has 0 saturated carbocycles. The number of nitrogens with two attached hydrogens (primary N) is 1. The van der Waals surface area contributed by atoms with Gasteiger partial charge in [0.05, 0.1) is 18.5 Å². The summed E-state index contributed by atoms with van der Waals surface area (Å²) in [5.41, 5.74) is 3.68. The lowest BCUT2D eigenvalue weighted by Crippen LogP contribution is -2.45. The van der Waals surface area contributed by atoms with Crippen molar-refractivity contribution in [1.82, 2.24) is 14.9 Å². The van der Waals surface area contributed by atoms with E-state index >= 15 is 0 Å². The lowest BCUT2D eigenvalue weighted by Gasteiger charge is -2.29. The van der Waals surface area contributed by atoms with E-state index < -0.39 is 15.3 Å². The van der Waals surface area contributed by atoms with Gasteiger partial charge in [-0.25, -0.2) is 22.9 Å². The third-order valence-electron chi connectivity index (χ3n) is 5.82. The maximum absolute atomic E-state index is 13.5. The summed E-state index contributed by atoms with van der Waals surface area (Å²) in [5, 5.41) is 5.58. The molecule has 168 valence electrons. The fourth-order valence-corrected chi connectivity index (χ4v) is 4.91. The molecule has 1 saturated heterocycles. The molecule has 0 amide bonds. The second kappa shape index (κ2) is 8.28. The zero-order valence-corrected chi connectivity index (χ0v) is 18.1. The van der Waals surface area contributed by atoms with Gasteiger partial charge < -0.3 is 14.1 Å². The molecule has 0 bridgehead atoms. The monoisotopic (exact) mass is 458 g/mol. The molecule has 4 aromatic rings. The van der Waals surface area contributed by atoms with Crippen LogP contribution in [0.2, 0.25) is 0 Å². The first-order chi connectivity index (χ1) is 15.4. The third-order valence-corrected chi connectivity index (χ3v) is 7.06. The summed E-state index contributed by atoms with van der Waals surface area (Å²) >= 11 is 0. The van der Waals surface area contributed by atoms with Gasteiger partial charge in [0.2, 0.25) is 10.0 Å². The van der Waals surface area contributed by atoms with Crippen LogP contribution in [0.15, 0.2) is 47.0 Å². The van der Waals surface area contributed by atoms with Crippen LogP contribution in [0, 0.1) is 5.82 Å². The van der Waals surface area contributed by atoms with Gasteiger partial charge in [0.15, 0.2) is 11.5 Å². The minimum absolute atomic E-state index is 0.0898. The Labute approximate surface area is 184 Å². The number of halogens is 1. The molecular weight excluding hydrogens is 435 g/mol. The van der Waals surface area contributed by atoms with Crippen molar-refractivity contribution in [3.8, 4) is 11.1 Å². The van der Waals surface area contributed by atoms with E-state index in [-0.39, 0.29) is 12.2 Å². The van der Waals surface area contributed by atoms with Crippen molar-refractivity contribution >= 4 is 32.0 Å². The van der Waals surface area contributed by atoms with Crippen molar-refractivity contribution in [2.45, 2.75) is 11.7 Å². The second-order valence-corrected chi connectivity index (χ2v) is 9.86. The Bertz CT molecular complexity index is 1380. The molecule has 10 heteroatoms. The molecule has 1 atom stereocenters. The van der Waals surface area contributed by atoms with E-state index in [1.807, 2.05) is 29.3 Å². The first-order valence-electron chi connectivity index (χ1n) is 10.3. The summed E-state index contributed by atoms with van der Waals surface area (Å²) in [7, 11) is -3.79. The molecule has 3 heterocycles. The van der Waals surface area contributed by atoms with Gasteiger partial charge in [-0.1, -0.05) is 6.07 Å². The molecule has 1 aliphatic heterocycles. The highest BCUT2D eigenvalue weighted by Crippen LogP contribution is 2.31. The quantitative estimate of drug-likeness (QED) is 0.459. The van der Waals surface area contributed by atoms with E-state index in [4.69, 9.17) is 14.3 Å². The van der Waals surface area contributed by atoms with E-state index in [2.05, 4.69) is 9.97 Å². The van der Waals surface area contributed by atoms with E-state index in [9.17, 15) is 12.8 Å². The average molecular weight is 459 g/mol. The van der Waals surface area contributed by atoms with Crippen LogP contribution in [0.1, 0.15) is 5.89 Å². The van der Waals surface area contributed by atoms with Gasteiger partial charge in [0.1, 0.15) is 11.3 Å². The normalized spacial score (nSPS) is 16.7. The highest BCUT2D eigenvalue weighted by atomic mass is 32.2. The van der Waals surface area contributed by atoms with Crippen molar-refractivity contribution in [2.24, 2.45) is 5.14 Å². The Morgan fingerprint density at radius 2 is 2.00 bits per heavy atom. The minimum atomic E-state index is -3.79. The molecule has 8 nitrogen and oxygen atoms in total. The van der Waals surface area contributed by atoms with Gasteiger partial charge in [0, 0.05) is 48.7 Å². The summed E-state index contributed by atoms with van der Waals surface area (Å²) in [6.07, 6.45) is 1.91. The number of ether oxygens (including phenoxy) is 1. The maximum Gasteiger partial charge on any atom is 0.213 e. The number of primary sulfonamides is 1. The first kappa shape index (κ1) is 21.1. The van der Waals surface area contributed by atoms with Crippen LogP contribution in [0.25, 0.3) is 33.1 Å². The fraction of sp³-hybridized carbons (Fsp3) is 0.318.